The minimum absolute atomic E-state index is 0. The van der Waals surface area contributed by atoms with Gasteiger partial charge >= 0.3 is 0 Å². The van der Waals surface area contributed by atoms with E-state index in [0.29, 0.717) is 12.7 Å². The minimum atomic E-state index is 0. The number of ether oxygens (including phenoxy) is 1. The van der Waals surface area contributed by atoms with Crippen molar-refractivity contribution in [3.63, 3.8) is 0 Å². The van der Waals surface area contributed by atoms with Crippen LogP contribution >= 0.6 is 12.4 Å². The summed E-state index contributed by atoms with van der Waals surface area (Å²) in [7, 11) is 0. The van der Waals surface area contributed by atoms with E-state index in [1.165, 1.54) is 5.56 Å². The highest BCUT2D eigenvalue weighted by molar-refractivity contribution is 5.85. The van der Waals surface area contributed by atoms with Gasteiger partial charge in [0.15, 0.2) is 0 Å². The van der Waals surface area contributed by atoms with Crippen LogP contribution in [-0.4, -0.2) is 24.2 Å². The lowest BCUT2D eigenvalue weighted by atomic mass is 10.3. The first-order valence-electron chi connectivity index (χ1n) is 4.66. The van der Waals surface area contributed by atoms with E-state index in [4.69, 9.17) is 4.74 Å². The lowest BCUT2D eigenvalue weighted by molar-refractivity contribution is 0.0542. The maximum atomic E-state index is 5.70. The lowest BCUT2D eigenvalue weighted by Crippen LogP contribution is -2.16. The van der Waals surface area contributed by atoms with Gasteiger partial charge in [-0.15, -0.1) is 12.4 Å². The average Bonchev–Trinajstić information content (AvgIpc) is 2.69. The molecular weight excluding hydrogens is 200 g/mol. The largest absolute Gasteiger partial charge is 0.372 e. The molecule has 3 nitrogen and oxygen atoms in total. The molecule has 2 heterocycles. The zero-order chi connectivity index (χ0) is 8.93. The Morgan fingerprint density at radius 2 is 2.21 bits per heavy atom. The maximum absolute atomic E-state index is 5.70. The van der Waals surface area contributed by atoms with Crippen molar-refractivity contribution < 1.29 is 4.74 Å². The van der Waals surface area contributed by atoms with Crippen molar-refractivity contribution >= 4 is 12.4 Å². The van der Waals surface area contributed by atoms with Crippen LogP contribution in [0.2, 0.25) is 0 Å². The van der Waals surface area contributed by atoms with Crippen LogP contribution in [0.1, 0.15) is 12.0 Å². The Bertz CT molecular complexity index is 250. The van der Waals surface area contributed by atoms with E-state index in [1.807, 2.05) is 12.1 Å². The third-order valence-electron chi connectivity index (χ3n) is 2.25. The number of rotatable bonds is 3. The second kappa shape index (κ2) is 5.96. The van der Waals surface area contributed by atoms with Crippen LogP contribution in [0.25, 0.3) is 0 Å². The van der Waals surface area contributed by atoms with E-state index in [2.05, 4.69) is 10.3 Å². The first kappa shape index (κ1) is 11.4. The van der Waals surface area contributed by atoms with Crippen molar-refractivity contribution in [3.8, 4) is 0 Å². The van der Waals surface area contributed by atoms with Crippen molar-refractivity contribution in [2.75, 3.05) is 13.1 Å². The Balaban J connectivity index is 0.000000980. The molecule has 0 bridgehead atoms. The molecule has 4 heteroatoms. The fraction of sp³-hybridized carbons (Fsp3) is 0.500. The summed E-state index contributed by atoms with van der Waals surface area (Å²) in [5.74, 6) is 0. The molecule has 1 aromatic heterocycles. The normalized spacial score (nSPS) is 20.4. The van der Waals surface area contributed by atoms with E-state index in [1.54, 1.807) is 12.4 Å². The summed E-state index contributed by atoms with van der Waals surface area (Å²) in [6.07, 6.45) is 5.12. The zero-order valence-corrected chi connectivity index (χ0v) is 8.80. The molecule has 1 aliphatic rings. The molecule has 1 fully saturated rings. The van der Waals surface area contributed by atoms with E-state index < -0.39 is 0 Å². The van der Waals surface area contributed by atoms with E-state index in [0.717, 1.165) is 19.5 Å². The SMILES string of the molecule is Cl.c1cc(CO[C@@H]2CCNC2)ccn1. The summed E-state index contributed by atoms with van der Waals surface area (Å²) in [6, 6.07) is 3.98. The monoisotopic (exact) mass is 214 g/mol. The van der Waals surface area contributed by atoms with Crippen molar-refractivity contribution in [2.45, 2.75) is 19.1 Å². The molecule has 1 atom stereocenters. The van der Waals surface area contributed by atoms with Crippen molar-refractivity contribution in [1.29, 1.82) is 0 Å². The summed E-state index contributed by atoms with van der Waals surface area (Å²) < 4.78 is 5.70. The van der Waals surface area contributed by atoms with Crippen LogP contribution in [0.5, 0.6) is 0 Å². The van der Waals surface area contributed by atoms with Crippen LogP contribution in [0.15, 0.2) is 24.5 Å². The number of nitrogens with one attached hydrogen (secondary N) is 1. The minimum Gasteiger partial charge on any atom is -0.372 e. The molecule has 1 N–H and O–H groups in total. The van der Waals surface area contributed by atoms with Gasteiger partial charge in [0, 0.05) is 18.9 Å². The van der Waals surface area contributed by atoms with Crippen molar-refractivity contribution in [2.24, 2.45) is 0 Å². The first-order chi connectivity index (χ1) is 6.45. The van der Waals surface area contributed by atoms with Gasteiger partial charge in [-0.25, -0.2) is 0 Å². The lowest BCUT2D eigenvalue weighted by Gasteiger charge is -2.09. The Kier molecular flexibility index (Phi) is 4.87. The Morgan fingerprint density at radius 1 is 1.43 bits per heavy atom. The highest BCUT2D eigenvalue weighted by Crippen LogP contribution is 2.07. The van der Waals surface area contributed by atoms with Gasteiger partial charge in [-0.2, -0.15) is 0 Å². The van der Waals surface area contributed by atoms with E-state index in [9.17, 15) is 0 Å². The fourth-order valence-corrected chi connectivity index (χ4v) is 1.46. The second-order valence-corrected chi connectivity index (χ2v) is 3.28. The van der Waals surface area contributed by atoms with Gasteiger partial charge in [0.2, 0.25) is 0 Å². The van der Waals surface area contributed by atoms with Gasteiger partial charge in [-0.1, -0.05) is 0 Å². The van der Waals surface area contributed by atoms with Gasteiger partial charge in [0.25, 0.3) is 0 Å². The molecule has 0 aromatic carbocycles. The van der Waals surface area contributed by atoms with Crippen LogP contribution < -0.4 is 5.32 Å². The van der Waals surface area contributed by atoms with Gasteiger partial charge in [-0.3, -0.25) is 4.98 Å². The topological polar surface area (TPSA) is 34.1 Å². The molecule has 0 spiro atoms. The molecular formula is C10H15ClN2O. The molecule has 1 aliphatic heterocycles. The molecule has 78 valence electrons. The summed E-state index contributed by atoms with van der Waals surface area (Å²) in [6.45, 7) is 2.78. The van der Waals surface area contributed by atoms with Crippen molar-refractivity contribution in [1.82, 2.24) is 10.3 Å². The Labute approximate surface area is 90.3 Å². The summed E-state index contributed by atoms with van der Waals surface area (Å²) in [4.78, 5) is 3.96. The molecule has 0 aliphatic carbocycles. The van der Waals surface area contributed by atoms with E-state index >= 15 is 0 Å². The standard InChI is InChI=1S/C10H14N2O.ClH/c1-4-11-5-2-9(1)8-13-10-3-6-12-7-10;/h1-2,4-5,10,12H,3,6-8H2;1H/t10-;/m1./s1. The highest BCUT2D eigenvalue weighted by atomic mass is 35.5. The van der Waals surface area contributed by atoms with Gasteiger partial charge < -0.3 is 10.1 Å². The quantitative estimate of drug-likeness (QED) is 0.826. The average molecular weight is 215 g/mol. The summed E-state index contributed by atoms with van der Waals surface area (Å²) in [5.41, 5.74) is 1.20. The molecule has 2 rings (SSSR count). The second-order valence-electron chi connectivity index (χ2n) is 3.28. The Hall–Kier alpha value is -0.640. The zero-order valence-electron chi connectivity index (χ0n) is 7.98. The molecule has 0 radical (unpaired) electrons. The van der Waals surface area contributed by atoms with Crippen LogP contribution in [-0.2, 0) is 11.3 Å². The molecule has 14 heavy (non-hydrogen) atoms. The smallest absolute Gasteiger partial charge is 0.0722 e. The van der Waals surface area contributed by atoms with Gasteiger partial charge in [0.05, 0.1) is 12.7 Å². The first-order valence-corrected chi connectivity index (χ1v) is 4.66. The third-order valence-corrected chi connectivity index (χ3v) is 2.25. The third kappa shape index (κ3) is 3.25. The van der Waals surface area contributed by atoms with Gasteiger partial charge in [-0.05, 0) is 30.7 Å². The Morgan fingerprint density at radius 3 is 2.86 bits per heavy atom. The van der Waals surface area contributed by atoms with Crippen LogP contribution in [0.4, 0.5) is 0 Å². The predicted octanol–water partition coefficient (Wildman–Crippen LogP) is 1.38. The number of hydrogen-bond donors (Lipinski definition) is 1. The summed E-state index contributed by atoms with van der Waals surface area (Å²) in [5, 5.41) is 3.27. The molecule has 1 saturated heterocycles. The number of nitrogens with zero attached hydrogens (tertiary/aromatic N) is 1. The molecule has 1 aromatic rings. The maximum Gasteiger partial charge on any atom is 0.0722 e. The van der Waals surface area contributed by atoms with Gasteiger partial charge in [0.1, 0.15) is 0 Å². The summed E-state index contributed by atoms with van der Waals surface area (Å²) >= 11 is 0. The van der Waals surface area contributed by atoms with E-state index in [-0.39, 0.29) is 12.4 Å². The predicted molar refractivity (Wildman–Crippen MR) is 57.5 cm³/mol. The molecule has 0 unspecified atom stereocenters. The molecule has 0 saturated carbocycles. The number of hydrogen-bond acceptors (Lipinski definition) is 3. The van der Waals surface area contributed by atoms with Crippen LogP contribution in [0, 0.1) is 0 Å². The number of halogens is 1. The fourth-order valence-electron chi connectivity index (χ4n) is 1.46. The molecule has 0 amide bonds. The number of pyridine rings is 1. The van der Waals surface area contributed by atoms with Crippen LogP contribution in [0.3, 0.4) is 0 Å². The number of aromatic nitrogens is 1. The van der Waals surface area contributed by atoms with Crippen molar-refractivity contribution in [3.05, 3.63) is 30.1 Å². The highest BCUT2D eigenvalue weighted by Gasteiger charge is 2.14.